The summed E-state index contributed by atoms with van der Waals surface area (Å²) in [6, 6.07) is 0. The van der Waals surface area contributed by atoms with Crippen LogP contribution in [0.25, 0.3) is 0 Å². The van der Waals surface area contributed by atoms with E-state index in [1.165, 1.54) is 116 Å². The normalized spacial score (nSPS) is 12.6. The van der Waals surface area contributed by atoms with Crippen LogP contribution in [0.15, 0.2) is 0 Å². The summed E-state index contributed by atoms with van der Waals surface area (Å²) in [4.78, 5) is 0. The average molecular weight is 355 g/mol. The first-order valence-electron chi connectivity index (χ1n) is 11.8. The Morgan fingerprint density at radius 1 is 0.520 bits per heavy atom. The molecule has 1 atom stereocenters. The van der Waals surface area contributed by atoms with Crippen molar-refractivity contribution in [3.63, 3.8) is 0 Å². The predicted molar refractivity (Wildman–Crippen MR) is 115 cm³/mol. The largest absolute Gasteiger partial charge is 0.316 e. The third-order valence-electron chi connectivity index (χ3n) is 5.38. The Morgan fingerprint density at radius 2 is 0.840 bits per heavy atom. The molecule has 0 aliphatic rings. The molecule has 0 aliphatic carbocycles. The zero-order valence-electron chi connectivity index (χ0n) is 17.8. The van der Waals surface area contributed by atoms with Crippen molar-refractivity contribution in [2.75, 3.05) is 6.54 Å². The Kier molecular flexibility index (Phi) is 21.9. The Morgan fingerprint density at radius 3 is 1.16 bits per heavy atom. The van der Waals surface area contributed by atoms with E-state index in [9.17, 15) is 0 Å². The molecule has 0 aromatic carbocycles. The first kappa shape index (κ1) is 24.9. The summed E-state index contributed by atoms with van der Waals surface area (Å²) < 4.78 is 0. The molecule has 2 nitrogen and oxygen atoms in total. The van der Waals surface area contributed by atoms with Gasteiger partial charge in [-0.1, -0.05) is 123 Å². The second-order valence-electron chi connectivity index (χ2n) is 7.98. The maximum atomic E-state index is 5.84. The van der Waals surface area contributed by atoms with Crippen LogP contribution in [0.1, 0.15) is 136 Å². The van der Waals surface area contributed by atoms with Gasteiger partial charge in [0.1, 0.15) is 0 Å². The summed E-state index contributed by atoms with van der Waals surface area (Å²) in [5.41, 5.74) is 5.84. The highest BCUT2D eigenvalue weighted by atomic mass is 15.0. The van der Waals surface area contributed by atoms with Gasteiger partial charge in [0.2, 0.25) is 0 Å². The lowest BCUT2D eigenvalue weighted by molar-refractivity contribution is 0.485. The average Bonchev–Trinajstić information content (AvgIpc) is 2.63. The number of nitrogens with one attached hydrogen (secondary N) is 1. The highest BCUT2D eigenvalue weighted by Gasteiger charge is 1.97. The Hall–Kier alpha value is -0.0800. The molecule has 0 fully saturated rings. The lowest BCUT2D eigenvalue weighted by Gasteiger charge is -2.10. The molecular weight excluding hydrogens is 304 g/mol. The van der Waals surface area contributed by atoms with Crippen LogP contribution < -0.4 is 11.1 Å². The van der Waals surface area contributed by atoms with Crippen LogP contribution in [0.2, 0.25) is 0 Å². The van der Waals surface area contributed by atoms with E-state index >= 15 is 0 Å². The molecule has 0 aromatic rings. The quantitative estimate of drug-likeness (QED) is 0.167. The fourth-order valence-corrected chi connectivity index (χ4v) is 3.46. The zero-order valence-corrected chi connectivity index (χ0v) is 17.8. The summed E-state index contributed by atoms with van der Waals surface area (Å²) in [5, 5.41) is 3.36. The van der Waals surface area contributed by atoms with Crippen LogP contribution in [0.4, 0.5) is 0 Å². The van der Waals surface area contributed by atoms with Crippen LogP contribution in [-0.2, 0) is 0 Å². The second kappa shape index (κ2) is 22.0. The number of nitrogens with two attached hydrogens (primary N) is 1. The van der Waals surface area contributed by atoms with Crippen molar-refractivity contribution in [3.05, 3.63) is 0 Å². The van der Waals surface area contributed by atoms with Gasteiger partial charge in [0.05, 0.1) is 6.17 Å². The second-order valence-corrected chi connectivity index (χ2v) is 7.98. The van der Waals surface area contributed by atoms with E-state index in [2.05, 4.69) is 19.2 Å². The highest BCUT2D eigenvalue weighted by Crippen LogP contribution is 2.14. The van der Waals surface area contributed by atoms with E-state index in [4.69, 9.17) is 5.73 Å². The van der Waals surface area contributed by atoms with Gasteiger partial charge in [-0.15, -0.1) is 0 Å². The minimum atomic E-state index is 0.200. The van der Waals surface area contributed by atoms with Gasteiger partial charge in [-0.2, -0.15) is 0 Å². The minimum Gasteiger partial charge on any atom is -0.316 e. The summed E-state index contributed by atoms with van der Waals surface area (Å²) in [6.07, 6.45) is 27.1. The van der Waals surface area contributed by atoms with Crippen LogP contribution in [0, 0.1) is 0 Å². The molecule has 0 saturated heterocycles. The maximum Gasteiger partial charge on any atom is 0.0543 e. The van der Waals surface area contributed by atoms with E-state index in [0.29, 0.717) is 0 Å². The zero-order chi connectivity index (χ0) is 18.4. The summed E-state index contributed by atoms with van der Waals surface area (Å²) in [6.45, 7) is 5.52. The van der Waals surface area contributed by atoms with Crippen LogP contribution in [0.5, 0.6) is 0 Å². The SMILES string of the molecule is CCCCCCCCCCCCCCCCCCCCNC(N)CC. The van der Waals surface area contributed by atoms with Gasteiger partial charge < -0.3 is 11.1 Å². The van der Waals surface area contributed by atoms with Crippen LogP contribution in [-0.4, -0.2) is 12.7 Å². The van der Waals surface area contributed by atoms with Crippen molar-refractivity contribution in [2.24, 2.45) is 5.73 Å². The maximum absolute atomic E-state index is 5.84. The Labute approximate surface area is 160 Å². The van der Waals surface area contributed by atoms with Crippen molar-refractivity contribution < 1.29 is 0 Å². The summed E-state index contributed by atoms with van der Waals surface area (Å²) in [7, 11) is 0. The van der Waals surface area contributed by atoms with Crippen LogP contribution >= 0.6 is 0 Å². The van der Waals surface area contributed by atoms with E-state index in [1.807, 2.05) is 0 Å². The van der Waals surface area contributed by atoms with Gasteiger partial charge in [0, 0.05) is 0 Å². The number of unbranched alkanes of at least 4 members (excludes halogenated alkanes) is 17. The van der Waals surface area contributed by atoms with Crippen molar-refractivity contribution in [1.82, 2.24) is 5.32 Å². The van der Waals surface area contributed by atoms with Gasteiger partial charge in [0.15, 0.2) is 0 Å². The van der Waals surface area contributed by atoms with Crippen molar-refractivity contribution in [3.8, 4) is 0 Å². The minimum absolute atomic E-state index is 0.200. The molecule has 3 N–H and O–H groups in total. The first-order valence-corrected chi connectivity index (χ1v) is 11.8. The molecule has 0 radical (unpaired) electrons. The molecule has 0 aliphatic heterocycles. The van der Waals surface area contributed by atoms with Gasteiger partial charge in [0.25, 0.3) is 0 Å². The smallest absolute Gasteiger partial charge is 0.0543 e. The molecule has 0 saturated carbocycles. The van der Waals surface area contributed by atoms with E-state index < -0.39 is 0 Å². The van der Waals surface area contributed by atoms with Crippen LogP contribution in [0.3, 0.4) is 0 Å². The molecular formula is C23H50N2. The van der Waals surface area contributed by atoms with Crippen molar-refractivity contribution in [2.45, 2.75) is 142 Å². The summed E-state index contributed by atoms with van der Waals surface area (Å²) in [5.74, 6) is 0. The molecule has 0 heterocycles. The van der Waals surface area contributed by atoms with E-state index in [-0.39, 0.29) is 6.17 Å². The van der Waals surface area contributed by atoms with Crippen molar-refractivity contribution in [1.29, 1.82) is 0 Å². The molecule has 1 unspecified atom stereocenters. The first-order chi connectivity index (χ1) is 12.3. The monoisotopic (exact) mass is 354 g/mol. The number of hydrogen-bond acceptors (Lipinski definition) is 2. The number of rotatable bonds is 21. The molecule has 0 bridgehead atoms. The van der Waals surface area contributed by atoms with Gasteiger partial charge >= 0.3 is 0 Å². The molecule has 0 amide bonds. The molecule has 25 heavy (non-hydrogen) atoms. The molecule has 0 rings (SSSR count). The highest BCUT2D eigenvalue weighted by molar-refractivity contribution is 4.56. The van der Waals surface area contributed by atoms with Crippen molar-refractivity contribution >= 4 is 0 Å². The fourth-order valence-electron chi connectivity index (χ4n) is 3.46. The molecule has 152 valence electrons. The predicted octanol–water partition coefficient (Wildman–Crippen LogP) is 7.31. The fraction of sp³-hybridized carbons (Fsp3) is 1.00. The third kappa shape index (κ3) is 21.9. The topological polar surface area (TPSA) is 38.0 Å². The lowest BCUT2D eigenvalue weighted by atomic mass is 10.0. The standard InChI is InChI=1S/C23H50N2/c1-3-5-6-7-8-9-10-11-12-13-14-15-16-17-18-19-20-21-22-25-23(24)4-2/h23,25H,3-22,24H2,1-2H3. The Bertz CT molecular complexity index is 230. The molecule has 2 heteroatoms. The molecule has 0 spiro atoms. The number of hydrogen-bond donors (Lipinski definition) is 2. The van der Waals surface area contributed by atoms with E-state index in [1.54, 1.807) is 0 Å². The van der Waals surface area contributed by atoms with Gasteiger partial charge in [-0.05, 0) is 19.4 Å². The Balaban J connectivity index is 2.98. The van der Waals surface area contributed by atoms with Gasteiger partial charge in [-0.3, -0.25) is 0 Å². The molecule has 0 aromatic heterocycles. The van der Waals surface area contributed by atoms with Gasteiger partial charge in [-0.25, -0.2) is 0 Å². The third-order valence-corrected chi connectivity index (χ3v) is 5.38. The van der Waals surface area contributed by atoms with E-state index in [0.717, 1.165) is 13.0 Å². The summed E-state index contributed by atoms with van der Waals surface area (Å²) >= 11 is 0. The lowest BCUT2D eigenvalue weighted by Crippen LogP contribution is -2.37.